The van der Waals surface area contributed by atoms with Crippen LogP contribution in [0.25, 0.3) is 33.4 Å². The van der Waals surface area contributed by atoms with Gasteiger partial charge in [-0.05, 0) is 60.2 Å². The van der Waals surface area contributed by atoms with E-state index in [2.05, 4.69) is 20.6 Å². The molecule has 0 aliphatic carbocycles. The molecule has 10 nitrogen and oxygen atoms in total. The average Bonchev–Trinajstić information content (AvgIpc) is 2.97. The van der Waals surface area contributed by atoms with E-state index >= 15 is 4.39 Å². The van der Waals surface area contributed by atoms with Crippen LogP contribution >= 0.6 is 0 Å². The Morgan fingerprint density at radius 1 is 0.907 bits per heavy atom. The van der Waals surface area contributed by atoms with Crippen molar-refractivity contribution in [2.45, 2.75) is 4.90 Å². The summed E-state index contributed by atoms with van der Waals surface area (Å²) in [5.74, 6) is -3.11. The lowest BCUT2D eigenvalue weighted by atomic mass is 10.0. The van der Waals surface area contributed by atoms with Crippen molar-refractivity contribution in [2.75, 3.05) is 29.9 Å². The van der Waals surface area contributed by atoms with Crippen molar-refractivity contribution in [2.24, 2.45) is 0 Å². The van der Waals surface area contributed by atoms with Crippen molar-refractivity contribution in [1.82, 2.24) is 15.3 Å². The molecule has 220 valence electrons. The van der Waals surface area contributed by atoms with E-state index in [1.165, 1.54) is 38.4 Å². The van der Waals surface area contributed by atoms with Gasteiger partial charge in [0.2, 0.25) is 0 Å². The van der Waals surface area contributed by atoms with E-state index in [0.717, 1.165) is 24.3 Å². The summed E-state index contributed by atoms with van der Waals surface area (Å²) in [5.41, 5.74) is 7.42. The van der Waals surface area contributed by atoms with Gasteiger partial charge in [-0.25, -0.2) is 36.4 Å². The van der Waals surface area contributed by atoms with Crippen molar-refractivity contribution in [3.8, 4) is 28.3 Å². The number of sulfonamides is 1. The highest BCUT2D eigenvalue weighted by molar-refractivity contribution is 7.92. The second-order valence-electron chi connectivity index (χ2n) is 9.11. The highest BCUT2D eigenvalue weighted by Gasteiger charge is 2.26. The first-order chi connectivity index (χ1) is 20.5. The minimum Gasteiger partial charge on any atom is -0.494 e. The fraction of sp³-hybridized carbons (Fsp3) is 0.0690. The minimum absolute atomic E-state index is 0.0556. The maximum absolute atomic E-state index is 15.7. The summed E-state index contributed by atoms with van der Waals surface area (Å²) in [5, 5.41) is 5.43. The van der Waals surface area contributed by atoms with Crippen LogP contribution in [0.1, 0.15) is 0 Å². The number of nitrogens with one attached hydrogen (secondary N) is 3. The van der Waals surface area contributed by atoms with Gasteiger partial charge in [0, 0.05) is 29.2 Å². The summed E-state index contributed by atoms with van der Waals surface area (Å²) in [4.78, 5) is 19.3. The number of urea groups is 1. The first-order valence-electron chi connectivity index (χ1n) is 12.5. The number of amides is 2. The van der Waals surface area contributed by atoms with E-state index in [0.29, 0.717) is 22.2 Å². The fourth-order valence-electron chi connectivity index (χ4n) is 4.33. The lowest BCUT2D eigenvalue weighted by Crippen LogP contribution is -2.24. The van der Waals surface area contributed by atoms with Crippen LogP contribution < -0.4 is 25.8 Å². The van der Waals surface area contributed by atoms with E-state index in [9.17, 15) is 22.0 Å². The number of anilines is 3. The maximum Gasteiger partial charge on any atom is 0.318 e. The smallest absolute Gasteiger partial charge is 0.318 e. The van der Waals surface area contributed by atoms with Gasteiger partial charge in [-0.1, -0.05) is 18.2 Å². The molecule has 0 spiro atoms. The number of carbonyl (C=O) groups excluding carboxylic acids is 1. The summed E-state index contributed by atoms with van der Waals surface area (Å²) >= 11 is 0. The number of fused-ring (bicyclic) bond motifs is 1. The molecular weight excluding hydrogens is 585 g/mol. The molecule has 43 heavy (non-hydrogen) atoms. The van der Waals surface area contributed by atoms with Gasteiger partial charge in [0.25, 0.3) is 10.0 Å². The van der Waals surface area contributed by atoms with E-state index in [4.69, 9.17) is 10.5 Å². The molecule has 5 rings (SSSR count). The predicted molar refractivity (Wildman–Crippen MR) is 157 cm³/mol. The SMILES string of the molecule is CNC(=O)Nc1ccc(-c2nc(N)c3cc(-c4cccc(NS(=O)(=O)c5c(F)cccc5F)c4F)cc(OC)c3n2)cc1. The van der Waals surface area contributed by atoms with E-state index < -0.39 is 38.1 Å². The van der Waals surface area contributed by atoms with Crippen molar-refractivity contribution < 1.29 is 31.1 Å². The number of aromatic nitrogens is 2. The lowest BCUT2D eigenvalue weighted by molar-refractivity contribution is 0.254. The Labute approximate surface area is 243 Å². The Balaban J connectivity index is 1.54. The maximum atomic E-state index is 15.7. The zero-order valence-electron chi connectivity index (χ0n) is 22.6. The van der Waals surface area contributed by atoms with Crippen molar-refractivity contribution in [3.63, 3.8) is 0 Å². The highest BCUT2D eigenvalue weighted by Crippen LogP contribution is 2.37. The number of benzene rings is 4. The van der Waals surface area contributed by atoms with E-state index in [1.54, 1.807) is 24.3 Å². The van der Waals surface area contributed by atoms with Crippen LogP contribution in [0, 0.1) is 17.5 Å². The molecule has 1 aromatic heterocycles. The van der Waals surface area contributed by atoms with Gasteiger partial charge < -0.3 is 21.1 Å². The summed E-state index contributed by atoms with van der Waals surface area (Å²) in [7, 11) is -1.93. The Hall–Kier alpha value is -5.37. The number of hydrogen-bond acceptors (Lipinski definition) is 7. The first-order valence-corrected chi connectivity index (χ1v) is 14.0. The minimum atomic E-state index is -4.82. The largest absolute Gasteiger partial charge is 0.494 e. The van der Waals surface area contributed by atoms with Crippen LogP contribution in [0.5, 0.6) is 5.75 Å². The number of methoxy groups -OCH3 is 1. The van der Waals surface area contributed by atoms with Gasteiger partial charge >= 0.3 is 6.03 Å². The van der Waals surface area contributed by atoms with Crippen LogP contribution in [-0.4, -0.2) is 38.6 Å². The van der Waals surface area contributed by atoms with Crippen molar-refractivity contribution >= 4 is 44.1 Å². The van der Waals surface area contributed by atoms with Gasteiger partial charge in [-0.3, -0.25) is 4.72 Å². The van der Waals surface area contributed by atoms with Crippen LogP contribution in [0.2, 0.25) is 0 Å². The van der Waals surface area contributed by atoms with Crippen LogP contribution in [0.15, 0.2) is 77.7 Å². The summed E-state index contributed by atoms with van der Waals surface area (Å²) in [6, 6.07) is 15.8. The topological polar surface area (TPSA) is 148 Å². The van der Waals surface area contributed by atoms with Gasteiger partial charge in [0.1, 0.15) is 28.7 Å². The number of rotatable bonds is 7. The zero-order valence-corrected chi connectivity index (χ0v) is 23.4. The first kappa shape index (κ1) is 29.1. The Morgan fingerprint density at radius 2 is 1.58 bits per heavy atom. The summed E-state index contributed by atoms with van der Waals surface area (Å²) in [6.45, 7) is 0. The third-order valence-corrected chi connectivity index (χ3v) is 7.80. The van der Waals surface area contributed by atoms with Crippen LogP contribution in [0.4, 0.5) is 35.2 Å². The molecule has 0 bridgehead atoms. The second kappa shape index (κ2) is 11.5. The standard InChI is InChI=1S/C29H23F3N6O4S/c1-34-29(39)35-17-11-9-15(10-12-17)28-36-25-19(27(33)37-28)13-16(14-23(25)42-2)18-5-3-8-22(24(18)32)38-43(40,41)26-20(30)6-4-7-21(26)31/h3-14,38H,1-2H3,(H2,33,36,37)(H2,34,35,39). The number of halogens is 3. The van der Waals surface area contributed by atoms with Crippen molar-refractivity contribution in [1.29, 1.82) is 0 Å². The van der Waals surface area contributed by atoms with Crippen LogP contribution in [-0.2, 0) is 10.0 Å². The molecule has 0 aliphatic heterocycles. The van der Waals surface area contributed by atoms with Gasteiger partial charge in [-0.15, -0.1) is 0 Å². The molecule has 1 heterocycles. The van der Waals surface area contributed by atoms with Gasteiger partial charge in [0.15, 0.2) is 16.5 Å². The second-order valence-corrected chi connectivity index (χ2v) is 10.7. The summed E-state index contributed by atoms with van der Waals surface area (Å²) < 4.78 is 77.0. The third-order valence-electron chi connectivity index (χ3n) is 6.38. The molecule has 0 atom stereocenters. The monoisotopic (exact) mass is 608 g/mol. The molecule has 5 aromatic rings. The molecule has 2 amide bonds. The average molecular weight is 609 g/mol. The molecule has 0 radical (unpaired) electrons. The molecule has 4 aromatic carbocycles. The van der Waals surface area contributed by atoms with E-state index in [1.807, 2.05) is 4.72 Å². The number of nitrogens with two attached hydrogens (primary N) is 1. The van der Waals surface area contributed by atoms with Crippen LogP contribution in [0.3, 0.4) is 0 Å². The molecule has 14 heteroatoms. The molecular formula is C29H23F3N6O4S. The van der Waals surface area contributed by atoms with Gasteiger partial charge in [0.05, 0.1) is 12.8 Å². The number of carbonyl (C=O) groups is 1. The molecule has 5 N–H and O–H groups in total. The Kier molecular flexibility index (Phi) is 7.78. The number of hydrogen-bond donors (Lipinski definition) is 4. The molecule has 0 aliphatic rings. The Morgan fingerprint density at radius 3 is 2.23 bits per heavy atom. The van der Waals surface area contributed by atoms with Crippen molar-refractivity contribution in [3.05, 3.63) is 90.2 Å². The predicted octanol–water partition coefficient (Wildman–Crippen LogP) is 5.52. The van der Waals surface area contributed by atoms with Gasteiger partial charge in [-0.2, -0.15) is 0 Å². The number of nitrogens with zero attached hydrogens (tertiary/aromatic N) is 2. The van der Waals surface area contributed by atoms with E-state index in [-0.39, 0.29) is 34.5 Å². The third kappa shape index (κ3) is 5.72. The number of nitrogen functional groups attached to an aromatic ring is 1. The Bertz CT molecular complexity index is 1970. The molecule has 0 unspecified atom stereocenters. The zero-order chi connectivity index (χ0) is 30.9. The molecule has 0 saturated heterocycles. The fourth-order valence-corrected chi connectivity index (χ4v) is 5.53. The molecule has 0 fully saturated rings. The highest BCUT2D eigenvalue weighted by atomic mass is 32.2. The quantitative estimate of drug-likeness (QED) is 0.190. The number of ether oxygens (including phenoxy) is 1. The molecule has 0 saturated carbocycles. The summed E-state index contributed by atoms with van der Waals surface area (Å²) in [6.07, 6.45) is 0. The lowest BCUT2D eigenvalue weighted by Gasteiger charge is -2.15. The normalized spacial score (nSPS) is 11.3.